The third-order valence-corrected chi connectivity index (χ3v) is 11.8. The summed E-state index contributed by atoms with van der Waals surface area (Å²) in [5.41, 5.74) is 12.9. The van der Waals surface area contributed by atoms with Gasteiger partial charge in [-0.15, -0.1) is 0 Å². The lowest BCUT2D eigenvalue weighted by atomic mass is 9.86. The Hall–Kier alpha value is -6.38. The van der Waals surface area contributed by atoms with E-state index >= 15 is 0 Å². The summed E-state index contributed by atoms with van der Waals surface area (Å²) < 4.78 is 5.01. The minimum atomic E-state index is 0.284. The second kappa shape index (κ2) is 11.8. The van der Waals surface area contributed by atoms with E-state index in [-0.39, 0.29) is 6.04 Å². The molecule has 0 radical (unpaired) electrons. The minimum absolute atomic E-state index is 0.284. The van der Waals surface area contributed by atoms with Crippen molar-refractivity contribution in [2.75, 3.05) is 0 Å². The van der Waals surface area contributed by atoms with Gasteiger partial charge in [0.2, 0.25) is 0 Å². The fourth-order valence-corrected chi connectivity index (χ4v) is 9.41. The first-order chi connectivity index (χ1) is 26.2. The molecule has 2 atom stereocenters. The maximum Gasteiger partial charge on any atom is 0.0583 e. The Labute approximate surface area is 309 Å². The molecule has 0 saturated carbocycles. The van der Waals surface area contributed by atoms with Gasteiger partial charge in [-0.05, 0) is 105 Å². The Morgan fingerprint density at radius 1 is 0.547 bits per heavy atom. The quantitative estimate of drug-likeness (QED) is 0.164. The summed E-state index contributed by atoms with van der Waals surface area (Å²) in [6.07, 6.45) is 14.2. The minimum Gasteiger partial charge on any atom is -0.336 e. The molecule has 0 spiro atoms. The SMILES string of the molecule is CC1C=C(c2cccc3cc4cccc(-c5ccc(-n6c7ccccc7c7ccccc76)cc5)c4cc23)C=CC1n1c2c(c3ccccc31)C=CCC2. The molecular formula is C51H38N2. The van der Waals surface area contributed by atoms with E-state index in [4.69, 9.17) is 0 Å². The number of rotatable bonds is 4. The molecule has 2 aliphatic rings. The average Bonchev–Trinajstić information content (AvgIpc) is 3.73. The molecule has 252 valence electrons. The van der Waals surface area contributed by atoms with Crippen molar-refractivity contribution >= 4 is 65.9 Å². The molecule has 11 rings (SSSR count). The molecule has 2 heteroatoms. The molecule has 2 nitrogen and oxygen atoms in total. The van der Waals surface area contributed by atoms with E-state index in [2.05, 4.69) is 192 Å². The molecule has 0 fully saturated rings. The summed E-state index contributed by atoms with van der Waals surface area (Å²) in [5.74, 6) is 0.347. The summed E-state index contributed by atoms with van der Waals surface area (Å²) in [6.45, 7) is 2.38. The van der Waals surface area contributed by atoms with Crippen LogP contribution in [0.4, 0.5) is 0 Å². The lowest BCUT2D eigenvalue weighted by molar-refractivity contribution is 0.485. The zero-order chi connectivity index (χ0) is 35.0. The maximum absolute atomic E-state index is 2.62. The van der Waals surface area contributed by atoms with Crippen molar-refractivity contribution in [1.29, 1.82) is 0 Å². The fourth-order valence-electron chi connectivity index (χ4n) is 9.41. The predicted octanol–water partition coefficient (Wildman–Crippen LogP) is 13.5. The Balaban J connectivity index is 0.987. The van der Waals surface area contributed by atoms with Crippen LogP contribution < -0.4 is 0 Å². The van der Waals surface area contributed by atoms with Crippen LogP contribution >= 0.6 is 0 Å². The van der Waals surface area contributed by atoms with Gasteiger partial charge in [0.15, 0.2) is 0 Å². The normalized spacial score (nSPS) is 17.0. The molecule has 2 heterocycles. The maximum atomic E-state index is 2.62. The van der Waals surface area contributed by atoms with Crippen LogP contribution in [0.2, 0.25) is 0 Å². The molecule has 53 heavy (non-hydrogen) atoms. The molecule has 2 aliphatic carbocycles. The van der Waals surface area contributed by atoms with Crippen LogP contribution in [0.1, 0.15) is 36.2 Å². The van der Waals surface area contributed by atoms with Crippen LogP contribution in [-0.2, 0) is 6.42 Å². The monoisotopic (exact) mass is 678 g/mol. The predicted molar refractivity (Wildman–Crippen MR) is 226 cm³/mol. The number of aromatic nitrogens is 2. The summed E-state index contributed by atoms with van der Waals surface area (Å²) >= 11 is 0. The second-order valence-electron chi connectivity index (χ2n) is 14.8. The molecule has 0 bridgehead atoms. The van der Waals surface area contributed by atoms with Gasteiger partial charge in [-0.2, -0.15) is 0 Å². The van der Waals surface area contributed by atoms with Crippen LogP contribution in [0, 0.1) is 5.92 Å². The average molecular weight is 679 g/mol. The summed E-state index contributed by atoms with van der Waals surface area (Å²) in [5, 5.41) is 9.05. The highest BCUT2D eigenvalue weighted by atomic mass is 15.0. The standard InChI is InChI=1S/C51H38N2/c1-33-30-37(26-29-47(33)53-50-22-8-4-16-43(50)44-17-5-9-23-51(44)53)40-19-11-13-36-31-35-12-10-18-39(45(35)32-46(36)40)34-24-27-38(28-25-34)52-48-20-6-2-14-41(48)42-15-3-7-21-49(42)52/h2-8,10-22,24-33,47H,9,23H2,1H3. The largest absolute Gasteiger partial charge is 0.336 e. The van der Waals surface area contributed by atoms with Gasteiger partial charge in [-0.1, -0.05) is 140 Å². The molecule has 7 aromatic carbocycles. The summed E-state index contributed by atoms with van der Waals surface area (Å²) in [7, 11) is 0. The third-order valence-electron chi connectivity index (χ3n) is 11.8. The molecule has 0 N–H and O–H groups in total. The van der Waals surface area contributed by atoms with Gasteiger partial charge in [-0.3, -0.25) is 0 Å². The molecule has 0 amide bonds. The van der Waals surface area contributed by atoms with Gasteiger partial charge in [0.1, 0.15) is 0 Å². The van der Waals surface area contributed by atoms with Crippen molar-refractivity contribution in [2.24, 2.45) is 5.92 Å². The Bertz CT molecular complexity index is 2960. The Morgan fingerprint density at radius 2 is 1.19 bits per heavy atom. The number of benzene rings is 7. The van der Waals surface area contributed by atoms with Gasteiger partial charge in [0, 0.05) is 38.6 Å². The van der Waals surface area contributed by atoms with Gasteiger partial charge >= 0.3 is 0 Å². The first-order valence-corrected chi connectivity index (χ1v) is 18.9. The van der Waals surface area contributed by atoms with Crippen LogP contribution in [0.5, 0.6) is 0 Å². The topological polar surface area (TPSA) is 9.86 Å². The van der Waals surface area contributed by atoms with Crippen molar-refractivity contribution in [3.05, 3.63) is 187 Å². The number of nitrogens with zero attached hydrogens (tertiary/aromatic N) is 2. The lowest BCUT2D eigenvalue weighted by Crippen LogP contribution is -2.19. The van der Waals surface area contributed by atoms with E-state index in [1.807, 2.05) is 0 Å². The first kappa shape index (κ1) is 30.3. The van der Waals surface area contributed by atoms with Gasteiger partial charge < -0.3 is 9.13 Å². The molecule has 0 aliphatic heterocycles. The molecule has 9 aromatic rings. The third kappa shape index (κ3) is 4.65. The first-order valence-electron chi connectivity index (χ1n) is 18.9. The molecule has 0 saturated heterocycles. The second-order valence-corrected chi connectivity index (χ2v) is 14.8. The fraction of sp³-hybridized carbons (Fsp3) is 0.0980. The number of hydrogen-bond donors (Lipinski definition) is 0. The van der Waals surface area contributed by atoms with Crippen LogP contribution in [-0.4, -0.2) is 9.13 Å². The number of allylic oxidation sites excluding steroid dienone is 5. The van der Waals surface area contributed by atoms with Crippen LogP contribution in [0.25, 0.3) is 82.7 Å². The lowest BCUT2D eigenvalue weighted by Gasteiger charge is -2.28. The zero-order valence-electron chi connectivity index (χ0n) is 29.7. The van der Waals surface area contributed by atoms with E-state index < -0.39 is 0 Å². The van der Waals surface area contributed by atoms with E-state index in [9.17, 15) is 0 Å². The van der Waals surface area contributed by atoms with Crippen molar-refractivity contribution < 1.29 is 0 Å². The van der Waals surface area contributed by atoms with Crippen molar-refractivity contribution in [3.63, 3.8) is 0 Å². The highest BCUT2D eigenvalue weighted by Gasteiger charge is 2.26. The Kier molecular flexibility index (Phi) is 6.76. The molecule has 2 aromatic heterocycles. The van der Waals surface area contributed by atoms with E-state index in [0.29, 0.717) is 5.92 Å². The molecular weight excluding hydrogens is 641 g/mol. The van der Waals surface area contributed by atoms with E-state index in [1.165, 1.54) is 93.5 Å². The highest BCUT2D eigenvalue weighted by molar-refractivity contribution is 6.10. The smallest absolute Gasteiger partial charge is 0.0583 e. The number of hydrogen-bond acceptors (Lipinski definition) is 0. The highest BCUT2D eigenvalue weighted by Crippen LogP contribution is 2.42. The molecule has 2 unspecified atom stereocenters. The number of fused-ring (bicyclic) bond motifs is 8. The van der Waals surface area contributed by atoms with Crippen LogP contribution in [0.3, 0.4) is 0 Å². The summed E-state index contributed by atoms with van der Waals surface area (Å²) in [6, 6.07) is 54.1. The van der Waals surface area contributed by atoms with Crippen molar-refractivity contribution in [3.8, 4) is 16.8 Å². The van der Waals surface area contributed by atoms with Crippen molar-refractivity contribution in [2.45, 2.75) is 25.8 Å². The van der Waals surface area contributed by atoms with Crippen LogP contribution in [0.15, 0.2) is 170 Å². The van der Waals surface area contributed by atoms with E-state index in [0.717, 1.165) is 12.8 Å². The van der Waals surface area contributed by atoms with Gasteiger partial charge in [-0.25, -0.2) is 0 Å². The summed E-state index contributed by atoms with van der Waals surface area (Å²) in [4.78, 5) is 0. The zero-order valence-corrected chi connectivity index (χ0v) is 29.7. The van der Waals surface area contributed by atoms with Crippen molar-refractivity contribution in [1.82, 2.24) is 9.13 Å². The van der Waals surface area contributed by atoms with Gasteiger partial charge in [0.25, 0.3) is 0 Å². The van der Waals surface area contributed by atoms with Gasteiger partial charge in [0.05, 0.1) is 17.1 Å². The van der Waals surface area contributed by atoms with E-state index in [1.54, 1.807) is 0 Å². The number of para-hydroxylation sites is 3. The Morgan fingerprint density at radius 3 is 1.91 bits per heavy atom.